The number of phosphoric acid groups is 2. The highest BCUT2D eigenvalue weighted by Crippen LogP contribution is 2.50. The number of nitrogen functional groups attached to an aromatic ring is 2. The first kappa shape index (κ1) is 34.9. The molecule has 10 atom stereocenters. The number of aliphatic hydroxyl groups excluding tert-OH is 2. The van der Waals surface area contributed by atoms with Gasteiger partial charge in [0.25, 0.3) is 0 Å². The number of rotatable bonds is 12. The molecule has 3 saturated heterocycles. The number of hydrogen-bond acceptors (Lipinski definition) is 18. The maximum Gasteiger partial charge on any atom is 0.472 e. The van der Waals surface area contributed by atoms with Gasteiger partial charge in [0, 0.05) is 19.2 Å². The molecular weight excluding hydrogens is 690 g/mol. The lowest BCUT2D eigenvalue weighted by Gasteiger charge is -2.28. The predicted octanol–water partition coefficient (Wildman–Crippen LogP) is -2.10. The summed E-state index contributed by atoms with van der Waals surface area (Å²) in [6.45, 7) is -1.36. The molecule has 48 heavy (non-hydrogen) atoms. The van der Waals surface area contributed by atoms with Crippen LogP contribution in [-0.2, 0) is 41.6 Å². The molecule has 264 valence electrons. The second-order valence-electron chi connectivity index (χ2n) is 10.9. The van der Waals surface area contributed by atoms with Crippen molar-refractivity contribution in [2.45, 2.75) is 68.2 Å². The van der Waals surface area contributed by atoms with Crippen LogP contribution in [0.2, 0.25) is 0 Å². The Morgan fingerprint density at radius 1 is 0.958 bits per heavy atom. The summed E-state index contributed by atoms with van der Waals surface area (Å²) in [4.78, 5) is 57.8. The van der Waals surface area contributed by atoms with Crippen molar-refractivity contribution in [2.24, 2.45) is 0 Å². The van der Waals surface area contributed by atoms with Crippen LogP contribution in [0.15, 0.2) is 29.7 Å². The molecule has 3 aromatic heterocycles. The van der Waals surface area contributed by atoms with Crippen molar-refractivity contribution < 1.29 is 66.5 Å². The van der Waals surface area contributed by atoms with Gasteiger partial charge in [-0.05, 0) is 12.5 Å². The molecule has 3 fully saturated rings. The third kappa shape index (κ3) is 7.44. The van der Waals surface area contributed by atoms with Crippen LogP contribution in [-0.4, -0.2) is 117 Å². The molecular formula is C23H32N8O15P2. The normalized spacial score (nSPS) is 32.2. The number of aromatic nitrogens is 6. The average molecular weight is 722 g/mol. The van der Waals surface area contributed by atoms with Crippen LogP contribution in [0.1, 0.15) is 25.3 Å². The van der Waals surface area contributed by atoms with Gasteiger partial charge in [0.1, 0.15) is 54.3 Å². The van der Waals surface area contributed by atoms with Crippen molar-refractivity contribution >= 4 is 38.4 Å². The fourth-order valence-electron chi connectivity index (χ4n) is 5.46. The fraction of sp³-hybridized carbons (Fsp3) is 0.609. The summed E-state index contributed by atoms with van der Waals surface area (Å²) in [5.41, 5.74) is 10.9. The van der Waals surface area contributed by atoms with Gasteiger partial charge in [-0.15, -0.1) is 0 Å². The second kappa shape index (κ2) is 13.7. The Morgan fingerprint density at radius 2 is 1.71 bits per heavy atom. The van der Waals surface area contributed by atoms with E-state index in [2.05, 4.69) is 24.5 Å². The number of ether oxygens (including phenoxy) is 4. The molecule has 0 amide bonds. The molecule has 0 spiro atoms. The lowest BCUT2D eigenvalue weighted by molar-refractivity contribution is -0.181. The van der Waals surface area contributed by atoms with E-state index in [0.717, 1.165) is 4.57 Å². The monoisotopic (exact) mass is 722 g/mol. The van der Waals surface area contributed by atoms with Gasteiger partial charge >= 0.3 is 21.3 Å². The topological polar surface area (TPSA) is 330 Å². The zero-order chi connectivity index (χ0) is 34.4. The Labute approximate surface area is 269 Å². The lowest BCUT2D eigenvalue weighted by atomic mass is 10.1. The standard InChI is InChI=1S/C23H32N8O15P2/c24-12-3-4-30(23(34)29-12)22-18(45-13-2-1-5-40-13)17(11(44-22)7-41-47(35,36)37)46-48(38,39)42-6-10-15(32)16(33)21(43-10)31-9-28-14-19(25)26-8-27-20(14)31/h3-4,8-11,13,15-18,21-22,32-33H,1-2,5-7H2,(H,38,39)(H2,24,29,34)(H2,25,26,27)(H2,35,36,37)/t10-,11-,13?,15-,16-,17-,18-,21-,22-/m1/s1. The summed E-state index contributed by atoms with van der Waals surface area (Å²) in [7, 11) is -10.3. The van der Waals surface area contributed by atoms with Crippen LogP contribution in [0.25, 0.3) is 11.2 Å². The first-order valence-electron chi connectivity index (χ1n) is 14.3. The summed E-state index contributed by atoms with van der Waals surface area (Å²) < 4.78 is 65.4. The van der Waals surface area contributed by atoms with Crippen molar-refractivity contribution in [3.63, 3.8) is 0 Å². The van der Waals surface area contributed by atoms with E-state index in [9.17, 15) is 38.8 Å². The van der Waals surface area contributed by atoms with E-state index < -0.39 is 89.9 Å². The van der Waals surface area contributed by atoms with Crippen molar-refractivity contribution in [2.75, 3.05) is 31.3 Å². The number of nitrogens with zero attached hydrogens (tertiary/aromatic N) is 6. The molecule has 0 aliphatic carbocycles. The average Bonchev–Trinajstić information content (AvgIpc) is 3.80. The van der Waals surface area contributed by atoms with Crippen molar-refractivity contribution in [3.05, 3.63) is 35.4 Å². The lowest BCUT2D eigenvalue weighted by Crippen LogP contribution is -2.41. The maximum absolute atomic E-state index is 13.4. The van der Waals surface area contributed by atoms with Gasteiger partial charge in [-0.2, -0.15) is 4.98 Å². The summed E-state index contributed by atoms with van der Waals surface area (Å²) in [5.74, 6) is -0.0532. The molecule has 25 heteroatoms. The highest BCUT2D eigenvalue weighted by molar-refractivity contribution is 7.47. The summed E-state index contributed by atoms with van der Waals surface area (Å²) in [6.07, 6.45) is -8.17. The summed E-state index contributed by atoms with van der Waals surface area (Å²) >= 11 is 0. The Balaban J connectivity index is 1.21. The molecule has 9 N–H and O–H groups in total. The molecule has 0 bridgehead atoms. The summed E-state index contributed by atoms with van der Waals surface area (Å²) in [6, 6.07) is 1.27. The van der Waals surface area contributed by atoms with Crippen LogP contribution in [0.4, 0.5) is 11.6 Å². The van der Waals surface area contributed by atoms with Gasteiger partial charge in [0.2, 0.25) is 0 Å². The molecule has 3 aliphatic heterocycles. The zero-order valence-electron chi connectivity index (χ0n) is 24.6. The summed E-state index contributed by atoms with van der Waals surface area (Å²) in [5, 5.41) is 21.4. The smallest absolute Gasteiger partial charge is 0.387 e. The fourth-order valence-corrected chi connectivity index (χ4v) is 6.76. The second-order valence-corrected chi connectivity index (χ2v) is 13.5. The quantitative estimate of drug-likeness (QED) is 0.0984. The van der Waals surface area contributed by atoms with E-state index in [1.54, 1.807) is 0 Å². The Bertz CT molecular complexity index is 1770. The predicted molar refractivity (Wildman–Crippen MR) is 155 cm³/mol. The minimum absolute atomic E-state index is 0.0620. The SMILES string of the molecule is Nc1ccn([C@@H]2O[C@H](COP(=O)(O)O)[C@@H](OP(=O)(O)OC[C@H]3O[C@@H](n4cnc5c(N)ncnc54)[C@H](O)[C@@H]3O)[C@H]2OC2CCCO2)c(=O)n1. The molecule has 2 unspecified atom stereocenters. The first-order valence-corrected chi connectivity index (χ1v) is 17.3. The molecule has 3 aliphatic rings. The molecule has 23 nitrogen and oxygen atoms in total. The van der Waals surface area contributed by atoms with Gasteiger partial charge in [-0.25, -0.2) is 28.9 Å². The third-order valence-corrected chi connectivity index (χ3v) is 9.14. The largest absolute Gasteiger partial charge is 0.472 e. The van der Waals surface area contributed by atoms with Crippen LogP contribution in [0, 0.1) is 0 Å². The number of anilines is 2. The molecule has 0 aromatic carbocycles. The van der Waals surface area contributed by atoms with Crippen LogP contribution >= 0.6 is 15.6 Å². The number of aliphatic hydroxyl groups is 2. The van der Waals surface area contributed by atoms with E-state index >= 15 is 0 Å². The number of phosphoric ester groups is 2. The highest BCUT2D eigenvalue weighted by Gasteiger charge is 2.53. The maximum atomic E-state index is 13.4. The number of imidazole rings is 1. The van der Waals surface area contributed by atoms with Crippen molar-refractivity contribution in [1.29, 1.82) is 0 Å². The minimum Gasteiger partial charge on any atom is -0.387 e. The van der Waals surface area contributed by atoms with E-state index in [1.165, 1.54) is 29.5 Å². The van der Waals surface area contributed by atoms with Gasteiger partial charge in [0.15, 0.2) is 30.2 Å². The van der Waals surface area contributed by atoms with E-state index in [0.29, 0.717) is 19.4 Å². The molecule has 6 rings (SSSR count). The van der Waals surface area contributed by atoms with Gasteiger partial charge < -0.3 is 55.3 Å². The number of fused-ring (bicyclic) bond motifs is 1. The Morgan fingerprint density at radius 3 is 2.42 bits per heavy atom. The van der Waals surface area contributed by atoms with Gasteiger partial charge in [-0.1, -0.05) is 0 Å². The van der Waals surface area contributed by atoms with E-state index in [-0.39, 0.29) is 22.8 Å². The Hall–Kier alpha value is -2.99. The molecule has 3 aromatic rings. The molecule has 0 saturated carbocycles. The van der Waals surface area contributed by atoms with Crippen LogP contribution in [0.5, 0.6) is 0 Å². The van der Waals surface area contributed by atoms with E-state index in [1.807, 2.05) is 0 Å². The third-order valence-electron chi connectivity index (χ3n) is 7.67. The Kier molecular flexibility index (Phi) is 9.97. The minimum atomic E-state index is -5.19. The highest BCUT2D eigenvalue weighted by atomic mass is 31.2. The van der Waals surface area contributed by atoms with Crippen molar-refractivity contribution in [3.8, 4) is 0 Å². The van der Waals surface area contributed by atoms with Gasteiger partial charge in [0.05, 0.1) is 19.5 Å². The van der Waals surface area contributed by atoms with Crippen molar-refractivity contribution in [1.82, 2.24) is 29.1 Å². The first-order chi connectivity index (χ1) is 22.7. The molecule has 0 radical (unpaired) electrons. The zero-order valence-corrected chi connectivity index (χ0v) is 26.4. The van der Waals surface area contributed by atoms with Crippen LogP contribution in [0.3, 0.4) is 0 Å². The number of nitrogens with two attached hydrogens (primary N) is 2. The van der Waals surface area contributed by atoms with Gasteiger partial charge in [-0.3, -0.25) is 22.7 Å². The number of hydrogen-bond donors (Lipinski definition) is 7. The van der Waals surface area contributed by atoms with E-state index in [4.69, 9.17) is 39.5 Å². The van der Waals surface area contributed by atoms with Crippen LogP contribution < -0.4 is 17.2 Å². The molecule has 6 heterocycles.